The van der Waals surface area contributed by atoms with Crippen LogP contribution in [0.2, 0.25) is 0 Å². The van der Waals surface area contributed by atoms with Crippen molar-refractivity contribution >= 4 is 18.0 Å². The Morgan fingerprint density at radius 1 is 1.17 bits per heavy atom. The number of hydrogen-bond acceptors (Lipinski definition) is 6. The zero-order valence-electron chi connectivity index (χ0n) is 16.4. The first kappa shape index (κ1) is 19.4. The SMILES string of the molecule is CCn1ccc(=O)c2c1NC(C(=O)O)(N1CCN(Cc3ccccc3)CC1)N=C2. The Balaban J connectivity index is 1.55. The minimum Gasteiger partial charge on any atom is -0.477 e. The molecule has 2 aromatic rings. The van der Waals surface area contributed by atoms with E-state index in [0.717, 1.165) is 19.6 Å². The van der Waals surface area contributed by atoms with E-state index in [1.54, 1.807) is 6.20 Å². The molecule has 0 aliphatic carbocycles. The third-order valence-corrected chi connectivity index (χ3v) is 5.60. The van der Waals surface area contributed by atoms with Gasteiger partial charge in [0.1, 0.15) is 5.82 Å². The van der Waals surface area contributed by atoms with Crippen molar-refractivity contribution in [2.45, 2.75) is 25.8 Å². The second kappa shape index (κ2) is 7.81. The van der Waals surface area contributed by atoms with Gasteiger partial charge in [0.05, 0.1) is 5.56 Å². The summed E-state index contributed by atoms with van der Waals surface area (Å²) < 4.78 is 1.84. The average molecular weight is 395 g/mol. The number of nitrogens with one attached hydrogen (secondary N) is 1. The van der Waals surface area contributed by atoms with Crippen LogP contribution in [-0.2, 0) is 17.9 Å². The quantitative estimate of drug-likeness (QED) is 0.793. The number of benzene rings is 1. The van der Waals surface area contributed by atoms with E-state index in [-0.39, 0.29) is 5.43 Å². The maximum Gasteiger partial charge on any atom is 0.369 e. The number of aryl methyl sites for hydroxylation is 1. The second-order valence-electron chi connectivity index (χ2n) is 7.34. The number of pyridine rings is 1. The van der Waals surface area contributed by atoms with Crippen molar-refractivity contribution in [2.75, 3.05) is 31.5 Å². The van der Waals surface area contributed by atoms with E-state index in [1.807, 2.05) is 34.6 Å². The maximum atomic E-state index is 12.3. The van der Waals surface area contributed by atoms with Crippen LogP contribution in [0.5, 0.6) is 0 Å². The summed E-state index contributed by atoms with van der Waals surface area (Å²) in [5.41, 5.74) is 1.46. The van der Waals surface area contributed by atoms with Crippen molar-refractivity contribution in [3.8, 4) is 0 Å². The number of anilines is 1. The van der Waals surface area contributed by atoms with E-state index in [0.29, 0.717) is 31.0 Å². The normalized spacial score (nSPS) is 22.1. The standard InChI is InChI=1S/C21H25N5O3/c1-2-25-9-8-18(27)17-14-22-21(20(28)29,23-19(17)25)26-12-10-24(11-13-26)15-16-6-4-3-5-7-16/h3-9,14,23H,2,10-13,15H2,1H3,(H,28,29). The molecule has 8 nitrogen and oxygen atoms in total. The fourth-order valence-corrected chi connectivity index (χ4v) is 3.95. The van der Waals surface area contributed by atoms with E-state index < -0.39 is 11.8 Å². The third-order valence-electron chi connectivity index (χ3n) is 5.60. The summed E-state index contributed by atoms with van der Waals surface area (Å²) in [6.07, 6.45) is 3.09. The Kier molecular flexibility index (Phi) is 5.21. The molecule has 4 rings (SSSR count). The van der Waals surface area contributed by atoms with Gasteiger partial charge in [-0.2, -0.15) is 0 Å². The molecule has 1 aromatic heterocycles. The van der Waals surface area contributed by atoms with Gasteiger partial charge in [0.25, 0.3) is 5.79 Å². The lowest BCUT2D eigenvalue weighted by Crippen LogP contribution is -2.65. The highest BCUT2D eigenvalue weighted by atomic mass is 16.4. The summed E-state index contributed by atoms with van der Waals surface area (Å²) in [5.74, 6) is -2.17. The molecule has 8 heteroatoms. The number of aromatic nitrogens is 1. The summed E-state index contributed by atoms with van der Waals surface area (Å²) in [7, 11) is 0. The molecule has 0 bridgehead atoms. The molecule has 1 atom stereocenters. The van der Waals surface area contributed by atoms with Crippen molar-refractivity contribution in [3.05, 3.63) is 63.9 Å². The number of carbonyl (C=O) groups is 1. The number of nitrogens with zero attached hydrogens (tertiary/aromatic N) is 4. The third kappa shape index (κ3) is 3.56. The van der Waals surface area contributed by atoms with Crippen LogP contribution in [0.15, 0.2) is 52.4 Å². The van der Waals surface area contributed by atoms with Crippen molar-refractivity contribution in [3.63, 3.8) is 0 Å². The first-order valence-corrected chi connectivity index (χ1v) is 9.85. The fourth-order valence-electron chi connectivity index (χ4n) is 3.95. The van der Waals surface area contributed by atoms with Gasteiger partial charge in [-0.05, 0) is 12.5 Å². The van der Waals surface area contributed by atoms with Gasteiger partial charge in [0.2, 0.25) is 0 Å². The van der Waals surface area contributed by atoms with Crippen molar-refractivity contribution in [1.82, 2.24) is 14.4 Å². The Labute approximate surface area is 169 Å². The van der Waals surface area contributed by atoms with E-state index in [1.165, 1.54) is 17.8 Å². The number of carboxylic acid groups (broad SMARTS) is 1. The number of piperazine rings is 1. The average Bonchev–Trinajstić information content (AvgIpc) is 2.75. The van der Waals surface area contributed by atoms with E-state index >= 15 is 0 Å². The lowest BCUT2D eigenvalue weighted by Gasteiger charge is -2.44. The molecule has 0 saturated carbocycles. The zero-order chi connectivity index (χ0) is 20.4. The van der Waals surface area contributed by atoms with Crippen molar-refractivity contribution in [2.24, 2.45) is 4.99 Å². The molecule has 1 aromatic carbocycles. The molecule has 0 amide bonds. The van der Waals surface area contributed by atoms with Gasteiger partial charge in [-0.15, -0.1) is 0 Å². The molecule has 1 unspecified atom stereocenters. The highest BCUT2D eigenvalue weighted by Gasteiger charge is 2.47. The highest BCUT2D eigenvalue weighted by Crippen LogP contribution is 2.28. The molecule has 0 radical (unpaired) electrons. The zero-order valence-corrected chi connectivity index (χ0v) is 16.4. The first-order valence-electron chi connectivity index (χ1n) is 9.85. The molecule has 0 spiro atoms. The number of aliphatic imine (C=N–C) groups is 1. The minimum atomic E-state index is -1.60. The van der Waals surface area contributed by atoms with Crippen LogP contribution in [0, 0.1) is 0 Å². The van der Waals surface area contributed by atoms with Gasteiger partial charge >= 0.3 is 5.97 Å². The van der Waals surface area contributed by atoms with E-state index in [4.69, 9.17) is 0 Å². The fraction of sp³-hybridized carbons (Fsp3) is 0.381. The molecule has 1 saturated heterocycles. The Morgan fingerprint density at radius 3 is 2.55 bits per heavy atom. The van der Waals surface area contributed by atoms with Crippen LogP contribution < -0.4 is 10.7 Å². The monoisotopic (exact) mass is 395 g/mol. The molecular weight excluding hydrogens is 370 g/mol. The van der Waals surface area contributed by atoms with Crippen LogP contribution in [0.4, 0.5) is 5.82 Å². The van der Waals surface area contributed by atoms with Gasteiger partial charge < -0.3 is 15.0 Å². The Morgan fingerprint density at radius 2 is 1.90 bits per heavy atom. The maximum absolute atomic E-state index is 12.3. The lowest BCUT2D eigenvalue weighted by molar-refractivity contribution is -0.150. The number of carboxylic acids is 1. The van der Waals surface area contributed by atoms with Crippen LogP contribution in [-0.4, -0.2) is 63.6 Å². The number of fused-ring (bicyclic) bond motifs is 1. The smallest absolute Gasteiger partial charge is 0.369 e. The molecule has 2 aliphatic rings. The minimum absolute atomic E-state index is 0.174. The summed E-state index contributed by atoms with van der Waals surface area (Å²) in [4.78, 5) is 33.0. The second-order valence-corrected chi connectivity index (χ2v) is 7.34. The summed E-state index contributed by atoms with van der Waals surface area (Å²) in [6, 6.07) is 11.7. The Hall–Kier alpha value is -2.97. The Bertz CT molecular complexity index is 980. The van der Waals surface area contributed by atoms with Crippen molar-refractivity contribution < 1.29 is 9.90 Å². The highest BCUT2D eigenvalue weighted by molar-refractivity contribution is 5.95. The van der Waals surface area contributed by atoms with Gasteiger partial charge in [-0.1, -0.05) is 30.3 Å². The molecule has 1 fully saturated rings. The predicted octanol–water partition coefficient (Wildman–Crippen LogP) is 1.27. The summed E-state index contributed by atoms with van der Waals surface area (Å²) >= 11 is 0. The van der Waals surface area contributed by atoms with Gasteiger partial charge in [0, 0.05) is 57.7 Å². The number of aliphatic carboxylic acids is 1. The van der Waals surface area contributed by atoms with Crippen LogP contribution in [0.25, 0.3) is 0 Å². The largest absolute Gasteiger partial charge is 0.477 e. The summed E-state index contributed by atoms with van der Waals surface area (Å²) in [6.45, 7) is 5.99. The van der Waals surface area contributed by atoms with Gasteiger partial charge in [0.15, 0.2) is 5.43 Å². The van der Waals surface area contributed by atoms with Crippen LogP contribution >= 0.6 is 0 Å². The van der Waals surface area contributed by atoms with Crippen LogP contribution in [0.1, 0.15) is 18.1 Å². The topological polar surface area (TPSA) is 90.2 Å². The molecule has 2 aliphatic heterocycles. The molecule has 2 N–H and O–H groups in total. The summed E-state index contributed by atoms with van der Waals surface area (Å²) in [5, 5.41) is 13.2. The first-order chi connectivity index (χ1) is 14.0. The van der Waals surface area contributed by atoms with Crippen LogP contribution in [0.3, 0.4) is 0 Å². The van der Waals surface area contributed by atoms with Crippen molar-refractivity contribution in [1.29, 1.82) is 0 Å². The van der Waals surface area contributed by atoms with E-state index in [2.05, 4.69) is 27.3 Å². The number of hydrogen-bond donors (Lipinski definition) is 2. The molecule has 29 heavy (non-hydrogen) atoms. The lowest BCUT2D eigenvalue weighted by atomic mass is 10.1. The molecular formula is C21H25N5O3. The van der Waals surface area contributed by atoms with Gasteiger partial charge in [-0.3, -0.25) is 9.69 Å². The molecule has 3 heterocycles. The number of rotatable bonds is 5. The van der Waals surface area contributed by atoms with E-state index in [9.17, 15) is 14.7 Å². The predicted molar refractivity (Wildman–Crippen MR) is 111 cm³/mol. The molecule has 152 valence electrons. The van der Waals surface area contributed by atoms with Gasteiger partial charge in [-0.25, -0.2) is 14.7 Å².